The second-order valence-electron chi connectivity index (χ2n) is 7.57. The fourth-order valence-electron chi connectivity index (χ4n) is 4.25. The van der Waals surface area contributed by atoms with Crippen LogP contribution >= 0.6 is 0 Å². The molecule has 1 amide bonds. The molecule has 0 N–H and O–H groups in total. The molecule has 156 valence electrons. The van der Waals surface area contributed by atoms with E-state index in [1.165, 1.54) is 0 Å². The Bertz CT molecular complexity index is 839. The van der Waals surface area contributed by atoms with E-state index in [9.17, 15) is 18.0 Å². The summed E-state index contributed by atoms with van der Waals surface area (Å²) in [5.41, 5.74) is 0.377. The molecule has 0 aliphatic carbocycles. The molecule has 0 unspecified atom stereocenters. The first-order valence-corrected chi connectivity index (χ1v) is 9.73. The summed E-state index contributed by atoms with van der Waals surface area (Å²) < 4.78 is 48.4. The molecule has 0 saturated carbocycles. The molecule has 0 bridgehead atoms. The number of aromatic nitrogens is 2. The quantitative estimate of drug-likeness (QED) is 0.776. The van der Waals surface area contributed by atoms with Gasteiger partial charge in [0, 0.05) is 32.2 Å². The fraction of sp³-hybridized carbons (Fsp3) is 0.550. The predicted octanol–water partition coefficient (Wildman–Crippen LogP) is 3.54. The van der Waals surface area contributed by atoms with Crippen molar-refractivity contribution in [2.45, 2.75) is 43.2 Å². The van der Waals surface area contributed by atoms with Crippen LogP contribution in [-0.2, 0) is 21.1 Å². The van der Waals surface area contributed by atoms with Crippen LogP contribution in [0.5, 0.6) is 0 Å². The topological polar surface area (TPSA) is 68.5 Å². The van der Waals surface area contributed by atoms with Gasteiger partial charge in [-0.3, -0.25) is 4.79 Å². The first-order valence-electron chi connectivity index (χ1n) is 9.73. The number of likely N-dealkylation sites (tertiary alicyclic amines) is 1. The molecule has 0 atom stereocenters. The molecular formula is C20H22F3N3O3. The average Bonchev–Trinajstić information content (AvgIpc) is 3.25. The number of rotatable bonds is 3. The van der Waals surface area contributed by atoms with Crippen LogP contribution in [0.2, 0.25) is 0 Å². The molecule has 0 spiro atoms. The third kappa shape index (κ3) is 3.88. The number of hydrogen-bond donors (Lipinski definition) is 0. The lowest BCUT2D eigenvalue weighted by atomic mass is 9.72. The van der Waals surface area contributed by atoms with E-state index < -0.39 is 17.5 Å². The van der Waals surface area contributed by atoms with E-state index >= 15 is 0 Å². The summed E-state index contributed by atoms with van der Waals surface area (Å²) in [7, 11) is 0. The van der Waals surface area contributed by atoms with Crippen LogP contribution in [0.15, 0.2) is 34.7 Å². The van der Waals surface area contributed by atoms with Gasteiger partial charge in [0.05, 0.1) is 5.41 Å². The molecule has 2 aliphatic rings. The monoisotopic (exact) mass is 409 g/mol. The Morgan fingerprint density at radius 3 is 2.31 bits per heavy atom. The highest BCUT2D eigenvalue weighted by molar-refractivity contribution is 5.88. The van der Waals surface area contributed by atoms with Crippen LogP contribution in [0, 0.1) is 0 Å². The summed E-state index contributed by atoms with van der Waals surface area (Å²) in [6.07, 6.45) is -2.42. The van der Waals surface area contributed by atoms with Crippen molar-refractivity contribution in [2.75, 3.05) is 26.3 Å². The lowest BCUT2D eigenvalue weighted by molar-refractivity contribution is -0.157. The molecule has 3 heterocycles. The van der Waals surface area contributed by atoms with Gasteiger partial charge in [-0.1, -0.05) is 30.3 Å². The second-order valence-corrected chi connectivity index (χ2v) is 7.57. The number of alkyl halides is 3. The van der Waals surface area contributed by atoms with Crippen molar-refractivity contribution in [3.05, 3.63) is 47.7 Å². The predicted molar refractivity (Wildman–Crippen MR) is 96.0 cm³/mol. The molecule has 2 fully saturated rings. The lowest BCUT2D eigenvalue weighted by Gasteiger charge is -2.42. The molecule has 2 aromatic rings. The first-order chi connectivity index (χ1) is 13.9. The molecule has 0 radical (unpaired) electrons. The van der Waals surface area contributed by atoms with E-state index in [1.54, 1.807) is 0 Å². The summed E-state index contributed by atoms with van der Waals surface area (Å²) >= 11 is 0. The minimum atomic E-state index is -4.65. The highest BCUT2D eigenvalue weighted by Gasteiger charge is 2.45. The normalized spacial score (nSPS) is 20.6. The zero-order valence-corrected chi connectivity index (χ0v) is 15.8. The van der Waals surface area contributed by atoms with Gasteiger partial charge in [0.1, 0.15) is 0 Å². The van der Waals surface area contributed by atoms with Crippen LogP contribution < -0.4 is 0 Å². The Hall–Kier alpha value is -2.42. The molecule has 4 rings (SSSR count). The number of halogens is 3. The molecule has 29 heavy (non-hydrogen) atoms. The number of carbonyl (C=O) groups excluding carboxylic acids is 1. The van der Waals surface area contributed by atoms with Crippen molar-refractivity contribution < 1.29 is 27.1 Å². The van der Waals surface area contributed by atoms with Crippen molar-refractivity contribution in [3.8, 4) is 0 Å². The number of piperidine rings is 1. The Labute approximate surface area is 166 Å². The van der Waals surface area contributed by atoms with Crippen molar-refractivity contribution in [1.82, 2.24) is 15.1 Å². The maximum absolute atomic E-state index is 13.5. The Kier molecular flexibility index (Phi) is 5.33. The summed E-state index contributed by atoms with van der Waals surface area (Å²) in [5, 5.41) is 6.68. The summed E-state index contributed by atoms with van der Waals surface area (Å²) in [6, 6.07) is 9.74. The Balaban J connectivity index is 1.47. The molecular weight excluding hydrogens is 387 g/mol. The van der Waals surface area contributed by atoms with Gasteiger partial charge in [-0.25, -0.2) is 0 Å². The molecule has 6 nitrogen and oxygen atoms in total. The van der Waals surface area contributed by atoms with E-state index in [0.29, 0.717) is 52.0 Å². The number of benzene rings is 1. The second kappa shape index (κ2) is 7.78. The fourth-order valence-corrected chi connectivity index (χ4v) is 4.25. The number of hydrogen-bond acceptors (Lipinski definition) is 5. The summed E-state index contributed by atoms with van der Waals surface area (Å²) in [6.45, 7) is 1.95. The molecule has 1 aromatic carbocycles. The number of amides is 1. The highest BCUT2D eigenvalue weighted by atomic mass is 19.4. The zero-order chi connectivity index (χ0) is 20.5. The van der Waals surface area contributed by atoms with Gasteiger partial charge in [0.25, 0.3) is 0 Å². The van der Waals surface area contributed by atoms with E-state index in [2.05, 4.69) is 10.2 Å². The number of carbonyl (C=O) groups is 1. The molecule has 1 aromatic heterocycles. The van der Waals surface area contributed by atoms with Crippen LogP contribution in [-0.4, -0.2) is 47.3 Å². The summed E-state index contributed by atoms with van der Waals surface area (Å²) in [5.74, 6) is -1.54. The van der Waals surface area contributed by atoms with E-state index in [0.717, 1.165) is 5.56 Å². The van der Waals surface area contributed by atoms with Gasteiger partial charge in [-0.15, -0.1) is 10.2 Å². The Morgan fingerprint density at radius 2 is 1.72 bits per heavy atom. The van der Waals surface area contributed by atoms with Gasteiger partial charge < -0.3 is 14.1 Å². The number of ether oxygens (including phenoxy) is 1. The van der Waals surface area contributed by atoms with Gasteiger partial charge in [-0.2, -0.15) is 13.2 Å². The van der Waals surface area contributed by atoms with Gasteiger partial charge in [-0.05, 0) is 31.2 Å². The van der Waals surface area contributed by atoms with E-state index in [1.807, 2.05) is 35.2 Å². The zero-order valence-electron chi connectivity index (χ0n) is 15.8. The lowest BCUT2D eigenvalue weighted by Crippen LogP contribution is -2.51. The minimum Gasteiger partial charge on any atom is -0.417 e. The summed E-state index contributed by atoms with van der Waals surface area (Å²) in [4.78, 5) is 15.3. The van der Waals surface area contributed by atoms with Crippen LogP contribution in [0.25, 0.3) is 0 Å². The van der Waals surface area contributed by atoms with Crippen molar-refractivity contribution >= 4 is 5.91 Å². The smallest absolute Gasteiger partial charge is 0.417 e. The first kappa shape index (κ1) is 19.9. The van der Waals surface area contributed by atoms with Crippen molar-refractivity contribution in [3.63, 3.8) is 0 Å². The maximum Gasteiger partial charge on any atom is 0.470 e. The van der Waals surface area contributed by atoms with Crippen LogP contribution in [0.3, 0.4) is 0 Å². The SMILES string of the molecule is O=C(N1CCC(c2nnc(C(F)(F)F)o2)CC1)C1(c2ccccc2)CCOCC1. The molecule has 2 aliphatic heterocycles. The van der Waals surface area contributed by atoms with Crippen LogP contribution in [0.4, 0.5) is 13.2 Å². The highest BCUT2D eigenvalue weighted by Crippen LogP contribution is 2.39. The van der Waals surface area contributed by atoms with Crippen molar-refractivity contribution in [2.24, 2.45) is 0 Å². The van der Waals surface area contributed by atoms with Crippen molar-refractivity contribution in [1.29, 1.82) is 0 Å². The third-order valence-corrected chi connectivity index (χ3v) is 5.90. The van der Waals surface area contributed by atoms with E-state index in [-0.39, 0.29) is 17.7 Å². The maximum atomic E-state index is 13.5. The van der Waals surface area contributed by atoms with Gasteiger partial charge in [0.15, 0.2) is 0 Å². The van der Waals surface area contributed by atoms with Crippen LogP contribution in [0.1, 0.15) is 48.9 Å². The average molecular weight is 409 g/mol. The van der Waals surface area contributed by atoms with E-state index in [4.69, 9.17) is 9.15 Å². The molecule has 9 heteroatoms. The minimum absolute atomic E-state index is 0.00624. The largest absolute Gasteiger partial charge is 0.470 e. The van der Waals surface area contributed by atoms with Gasteiger partial charge >= 0.3 is 12.1 Å². The Morgan fingerprint density at radius 1 is 1.07 bits per heavy atom. The number of nitrogens with zero attached hydrogens (tertiary/aromatic N) is 3. The van der Waals surface area contributed by atoms with Gasteiger partial charge in [0.2, 0.25) is 11.8 Å². The standard InChI is InChI=1S/C20H22F3N3O3/c21-20(22,23)17-25-24-16(29-17)14-6-10-26(11-7-14)18(27)19(8-12-28-13-9-19)15-4-2-1-3-5-15/h1-5,14H,6-13H2. The molecule has 2 saturated heterocycles. The third-order valence-electron chi connectivity index (χ3n) is 5.90.